The summed E-state index contributed by atoms with van der Waals surface area (Å²) < 4.78 is 26.4. The highest BCUT2D eigenvalue weighted by atomic mass is 35.5. The first-order valence-corrected chi connectivity index (χ1v) is 5.53. The maximum absolute atomic E-state index is 13.4. The number of benzene rings is 1. The lowest BCUT2D eigenvalue weighted by molar-refractivity contribution is 0.0784. The van der Waals surface area contributed by atoms with Crippen LogP contribution in [0.1, 0.15) is 16.8 Å². The molecule has 6 heteroatoms. The molecule has 0 aromatic heterocycles. The van der Waals surface area contributed by atoms with E-state index >= 15 is 0 Å². The lowest BCUT2D eigenvalue weighted by atomic mass is 10.2. The van der Waals surface area contributed by atoms with Gasteiger partial charge in [-0.15, -0.1) is 12.4 Å². The minimum absolute atomic E-state index is 0. The summed E-state index contributed by atoms with van der Waals surface area (Å²) in [5, 5.41) is 3.06. The van der Waals surface area contributed by atoms with Crippen molar-refractivity contribution in [2.45, 2.75) is 12.5 Å². The van der Waals surface area contributed by atoms with E-state index in [4.69, 9.17) is 0 Å². The largest absolute Gasteiger partial charge is 0.337 e. The summed E-state index contributed by atoms with van der Waals surface area (Å²) in [6.07, 6.45) is 0.833. The summed E-state index contributed by atoms with van der Waals surface area (Å²) in [6, 6.07) is 3.17. The number of likely N-dealkylation sites (N-methyl/N-ethyl adjacent to an activating group) is 1. The van der Waals surface area contributed by atoms with Crippen LogP contribution >= 0.6 is 12.4 Å². The van der Waals surface area contributed by atoms with Crippen LogP contribution in [-0.2, 0) is 0 Å². The van der Waals surface area contributed by atoms with E-state index in [1.165, 1.54) is 0 Å². The zero-order valence-corrected chi connectivity index (χ0v) is 10.8. The van der Waals surface area contributed by atoms with Crippen molar-refractivity contribution >= 4 is 18.3 Å². The molecule has 2 rings (SSSR count). The molecule has 0 bridgehead atoms. The first kappa shape index (κ1) is 14.9. The highest BCUT2D eigenvalue weighted by molar-refractivity contribution is 5.94. The lowest BCUT2D eigenvalue weighted by Crippen LogP contribution is -2.33. The number of hydrogen-bond donors (Lipinski definition) is 1. The number of nitrogens with one attached hydrogen (secondary N) is 1. The molecule has 1 aromatic rings. The van der Waals surface area contributed by atoms with Crippen LogP contribution in [0.2, 0.25) is 0 Å². The third-order valence-corrected chi connectivity index (χ3v) is 3.04. The zero-order valence-electron chi connectivity index (χ0n) is 9.95. The van der Waals surface area contributed by atoms with Gasteiger partial charge in [0, 0.05) is 19.1 Å². The molecule has 1 heterocycles. The van der Waals surface area contributed by atoms with Gasteiger partial charge in [0.15, 0.2) is 0 Å². The maximum atomic E-state index is 13.4. The zero-order chi connectivity index (χ0) is 12.4. The Balaban J connectivity index is 0.00000162. The predicted molar refractivity (Wildman–Crippen MR) is 67.0 cm³/mol. The maximum Gasteiger partial charge on any atom is 0.256 e. The van der Waals surface area contributed by atoms with E-state index in [0.717, 1.165) is 24.6 Å². The van der Waals surface area contributed by atoms with Gasteiger partial charge in [0.1, 0.15) is 11.6 Å². The monoisotopic (exact) mass is 276 g/mol. The summed E-state index contributed by atoms with van der Waals surface area (Å²) in [6.45, 7) is 1.10. The second-order valence-electron chi connectivity index (χ2n) is 4.15. The third-order valence-electron chi connectivity index (χ3n) is 3.04. The lowest BCUT2D eigenvalue weighted by Gasteiger charge is -2.16. The van der Waals surface area contributed by atoms with Crippen LogP contribution in [0.4, 0.5) is 8.78 Å². The van der Waals surface area contributed by atoms with Crippen LogP contribution in [0.3, 0.4) is 0 Å². The number of hydrogen-bond acceptors (Lipinski definition) is 2. The standard InChI is InChI=1S/C12H14F2N2O.ClH/c1-15-9-4-5-16(7-9)12(17)10-6-8(13)2-3-11(10)14;/h2-3,6,9,15H,4-5,7H2,1H3;1H. The van der Waals surface area contributed by atoms with E-state index < -0.39 is 17.5 Å². The second kappa shape index (κ2) is 6.11. The van der Waals surface area contributed by atoms with E-state index in [1.54, 1.807) is 4.90 Å². The highest BCUT2D eigenvalue weighted by Gasteiger charge is 2.27. The molecular formula is C12H15ClF2N2O. The predicted octanol–water partition coefficient (Wildman–Crippen LogP) is 1.82. The Morgan fingerprint density at radius 3 is 2.78 bits per heavy atom. The minimum atomic E-state index is -0.677. The van der Waals surface area contributed by atoms with Crippen molar-refractivity contribution in [1.82, 2.24) is 10.2 Å². The average Bonchev–Trinajstić information content (AvgIpc) is 2.80. The van der Waals surface area contributed by atoms with Gasteiger partial charge in [-0.05, 0) is 31.7 Å². The first-order chi connectivity index (χ1) is 8.11. The molecule has 1 saturated heterocycles. The Labute approximate surface area is 111 Å². The van der Waals surface area contributed by atoms with E-state index in [0.29, 0.717) is 13.1 Å². The van der Waals surface area contributed by atoms with Crippen molar-refractivity contribution < 1.29 is 13.6 Å². The van der Waals surface area contributed by atoms with Gasteiger partial charge in [-0.25, -0.2) is 8.78 Å². The molecule has 18 heavy (non-hydrogen) atoms. The van der Waals surface area contributed by atoms with Gasteiger partial charge in [-0.3, -0.25) is 4.79 Å². The molecule has 1 unspecified atom stereocenters. The molecule has 1 aliphatic heterocycles. The smallest absolute Gasteiger partial charge is 0.256 e. The third kappa shape index (κ3) is 2.97. The molecule has 1 aromatic carbocycles. The number of halogens is 3. The first-order valence-electron chi connectivity index (χ1n) is 5.53. The van der Waals surface area contributed by atoms with Gasteiger partial charge in [0.2, 0.25) is 0 Å². The quantitative estimate of drug-likeness (QED) is 0.894. The molecule has 1 fully saturated rings. The van der Waals surface area contributed by atoms with Gasteiger partial charge in [-0.1, -0.05) is 0 Å². The Morgan fingerprint density at radius 1 is 1.44 bits per heavy atom. The van der Waals surface area contributed by atoms with Gasteiger partial charge in [-0.2, -0.15) is 0 Å². The Kier molecular flexibility index (Phi) is 5.04. The highest BCUT2D eigenvalue weighted by Crippen LogP contribution is 2.16. The second-order valence-corrected chi connectivity index (χ2v) is 4.15. The van der Waals surface area contributed by atoms with E-state index in [2.05, 4.69) is 5.32 Å². The van der Waals surface area contributed by atoms with Crippen LogP contribution in [0, 0.1) is 11.6 Å². The van der Waals surface area contributed by atoms with Gasteiger partial charge in [0.05, 0.1) is 5.56 Å². The summed E-state index contributed by atoms with van der Waals surface area (Å²) >= 11 is 0. The fourth-order valence-corrected chi connectivity index (χ4v) is 2.01. The fourth-order valence-electron chi connectivity index (χ4n) is 2.01. The SMILES string of the molecule is CNC1CCN(C(=O)c2cc(F)ccc2F)C1.Cl. The van der Waals surface area contributed by atoms with Gasteiger partial charge in [0.25, 0.3) is 5.91 Å². The molecule has 1 N–H and O–H groups in total. The van der Waals surface area contributed by atoms with E-state index in [9.17, 15) is 13.6 Å². The number of carbonyl (C=O) groups excluding carboxylic acids is 1. The van der Waals surface area contributed by atoms with Crippen molar-refractivity contribution in [2.24, 2.45) is 0 Å². The number of amides is 1. The normalized spacial score (nSPS) is 18.6. The summed E-state index contributed by atoms with van der Waals surface area (Å²) in [7, 11) is 1.82. The van der Waals surface area contributed by atoms with Crippen LogP contribution in [0.5, 0.6) is 0 Å². The molecule has 100 valence electrons. The van der Waals surface area contributed by atoms with Crippen molar-refractivity contribution in [2.75, 3.05) is 20.1 Å². The van der Waals surface area contributed by atoms with Crippen molar-refractivity contribution in [3.8, 4) is 0 Å². The number of rotatable bonds is 2. The van der Waals surface area contributed by atoms with Gasteiger partial charge >= 0.3 is 0 Å². The van der Waals surface area contributed by atoms with Crippen LogP contribution < -0.4 is 5.32 Å². The molecule has 0 aliphatic carbocycles. The summed E-state index contributed by atoms with van der Waals surface area (Å²) in [5.74, 6) is -1.72. The topological polar surface area (TPSA) is 32.3 Å². The Hall–Kier alpha value is -1.20. The number of nitrogens with zero attached hydrogens (tertiary/aromatic N) is 1. The van der Waals surface area contributed by atoms with Crippen molar-refractivity contribution in [1.29, 1.82) is 0 Å². The van der Waals surface area contributed by atoms with E-state index in [-0.39, 0.29) is 24.0 Å². The molecule has 1 aliphatic rings. The summed E-state index contributed by atoms with van der Waals surface area (Å²) in [4.78, 5) is 13.5. The average molecular weight is 277 g/mol. The molecule has 0 radical (unpaired) electrons. The molecule has 1 atom stereocenters. The molecule has 3 nitrogen and oxygen atoms in total. The molecule has 0 spiro atoms. The van der Waals surface area contributed by atoms with Crippen molar-refractivity contribution in [3.63, 3.8) is 0 Å². The van der Waals surface area contributed by atoms with Crippen molar-refractivity contribution in [3.05, 3.63) is 35.4 Å². The molecule has 0 saturated carbocycles. The number of carbonyl (C=O) groups is 1. The fraction of sp³-hybridized carbons (Fsp3) is 0.417. The van der Waals surface area contributed by atoms with Crippen LogP contribution in [0.15, 0.2) is 18.2 Å². The van der Waals surface area contributed by atoms with E-state index in [1.807, 2.05) is 7.05 Å². The van der Waals surface area contributed by atoms with Crippen LogP contribution in [0.25, 0.3) is 0 Å². The molecule has 1 amide bonds. The summed E-state index contributed by atoms with van der Waals surface area (Å²) in [5.41, 5.74) is -0.193. The number of likely N-dealkylation sites (tertiary alicyclic amines) is 1. The van der Waals surface area contributed by atoms with Crippen LogP contribution in [-0.4, -0.2) is 37.0 Å². The Bertz CT molecular complexity index is 442. The Morgan fingerprint density at radius 2 is 2.17 bits per heavy atom. The van der Waals surface area contributed by atoms with Gasteiger partial charge < -0.3 is 10.2 Å². The minimum Gasteiger partial charge on any atom is -0.337 e. The molecular weight excluding hydrogens is 262 g/mol.